The quantitative estimate of drug-likeness (QED) is 0.741. The van der Waals surface area contributed by atoms with Crippen molar-refractivity contribution >= 4 is 17.7 Å². The summed E-state index contributed by atoms with van der Waals surface area (Å²) in [5.41, 5.74) is 5.82. The van der Waals surface area contributed by atoms with E-state index in [0.29, 0.717) is 6.54 Å². The molecule has 0 bridgehead atoms. The summed E-state index contributed by atoms with van der Waals surface area (Å²) in [6.07, 6.45) is 3.90. The van der Waals surface area contributed by atoms with Crippen LogP contribution in [0.3, 0.4) is 0 Å². The molecule has 1 aliphatic rings. The molecule has 1 unspecified atom stereocenters. The van der Waals surface area contributed by atoms with Gasteiger partial charge < -0.3 is 15.4 Å². The van der Waals surface area contributed by atoms with E-state index < -0.39 is 0 Å². The second-order valence-electron chi connectivity index (χ2n) is 3.82. The Morgan fingerprint density at radius 3 is 3.00 bits per heavy atom. The number of hydrogen-bond acceptors (Lipinski definition) is 4. The molecule has 1 saturated heterocycles. The SMILES string of the molecule is COC1CCN(C(=O)[C@@H](N)CCSC)C1. The van der Waals surface area contributed by atoms with Gasteiger partial charge in [-0.3, -0.25) is 4.79 Å². The van der Waals surface area contributed by atoms with Gasteiger partial charge in [-0.25, -0.2) is 0 Å². The van der Waals surface area contributed by atoms with Gasteiger partial charge in [0.25, 0.3) is 0 Å². The Labute approximate surface area is 95.5 Å². The van der Waals surface area contributed by atoms with E-state index in [4.69, 9.17) is 10.5 Å². The molecule has 2 atom stereocenters. The highest BCUT2D eigenvalue weighted by molar-refractivity contribution is 7.98. The van der Waals surface area contributed by atoms with Gasteiger partial charge in [0.2, 0.25) is 5.91 Å². The molecule has 15 heavy (non-hydrogen) atoms. The topological polar surface area (TPSA) is 55.6 Å². The second kappa shape index (κ2) is 6.35. The summed E-state index contributed by atoms with van der Waals surface area (Å²) in [4.78, 5) is 13.7. The molecular formula is C10H20N2O2S. The van der Waals surface area contributed by atoms with Crippen LogP contribution >= 0.6 is 11.8 Å². The van der Waals surface area contributed by atoms with Gasteiger partial charge in [0.1, 0.15) is 0 Å². The highest BCUT2D eigenvalue weighted by atomic mass is 32.2. The third-order valence-electron chi connectivity index (χ3n) is 2.74. The van der Waals surface area contributed by atoms with Crippen LogP contribution in [0, 0.1) is 0 Å². The molecule has 0 aromatic heterocycles. The van der Waals surface area contributed by atoms with E-state index in [1.54, 1.807) is 18.9 Å². The van der Waals surface area contributed by atoms with Crippen LogP contribution in [0.2, 0.25) is 0 Å². The van der Waals surface area contributed by atoms with E-state index in [1.165, 1.54) is 0 Å². The first-order valence-electron chi connectivity index (χ1n) is 5.25. The predicted octanol–water partition coefficient (Wildman–Crippen LogP) is 0.314. The van der Waals surface area contributed by atoms with Crippen LogP contribution < -0.4 is 5.73 Å². The van der Waals surface area contributed by atoms with Crippen molar-refractivity contribution in [2.45, 2.75) is 25.0 Å². The molecule has 0 aromatic carbocycles. The van der Waals surface area contributed by atoms with E-state index in [9.17, 15) is 4.79 Å². The number of hydrogen-bond donors (Lipinski definition) is 1. The fourth-order valence-corrected chi connectivity index (χ4v) is 2.21. The Kier molecular flexibility index (Phi) is 5.42. The van der Waals surface area contributed by atoms with Gasteiger partial charge in [-0.05, 0) is 24.9 Å². The molecule has 1 fully saturated rings. The van der Waals surface area contributed by atoms with Gasteiger partial charge in [-0.2, -0.15) is 11.8 Å². The van der Waals surface area contributed by atoms with E-state index in [0.717, 1.165) is 25.1 Å². The van der Waals surface area contributed by atoms with Crippen LogP contribution in [-0.2, 0) is 9.53 Å². The van der Waals surface area contributed by atoms with Crippen LogP contribution in [0.25, 0.3) is 0 Å². The molecule has 0 aliphatic carbocycles. The smallest absolute Gasteiger partial charge is 0.239 e. The van der Waals surface area contributed by atoms with Crippen molar-refractivity contribution in [2.24, 2.45) is 5.73 Å². The molecule has 2 N–H and O–H groups in total. The van der Waals surface area contributed by atoms with E-state index in [1.807, 2.05) is 11.2 Å². The molecule has 1 aliphatic heterocycles. The van der Waals surface area contributed by atoms with Crippen molar-refractivity contribution in [3.63, 3.8) is 0 Å². The first kappa shape index (κ1) is 12.8. The summed E-state index contributed by atoms with van der Waals surface area (Å²) in [6, 6.07) is -0.340. The third-order valence-corrected chi connectivity index (χ3v) is 3.38. The lowest BCUT2D eigenvalue weighted by molar-refractivity contribution is -0.132. The highest BCUT2D eigenvalue weighted by Gasteiger charge is 2.28. The Morgan fingerprint density at radius 1 is 1.73 bits per heavy atom. The lowest BCUT2D eigenvalue weighted by Gasteiger charge is -2.20. The number of likely N-dealkylation sites (tertiary alicyclic amines) is 1. The zero-order chi connectivity index (χ0) is 11.3. The average Bonchev–Trinajstić information content (AvgIpc) is 2.73. The summed E-state index contributed by atoms with van der Waals surface area (Å²) in [6.45, 7) is 1.48. The fraction of sp³-hybridized carbons (Fsp3) is 0.900. The molecular weight excluding hydrogens is 212 g/mol. The molecule has 1 amide bonds. The van der Waals surface area contributed by atoms with E-state index >= 15 is 0 Å². The van der Waals surface area contributed by atoms with Gasteiger partial charge in [0.05, 0.1) is 12.1 Å². The van der Waals surface area contributed by atoms with Gasteiger partial charge in [0.15, 0.2) is 0 Å². The minimum absolute atomic E-state index is 0.0728. The normalized spacial score (nSPS) is 23.1. The van der Waals surface area contributed by atoms with Crippen LogP contribution in [0.4, 0.5) is 0 Å². The average molecular weight is 232 g/mol. The van der Waals surface area contributed by atoms with Gasteiger partial charge in [-0.15, -0.1) is 0 Å². The second-order valence-corrected chi connectivity index (χ2v) is 4.80. The van der Waals surface area contributed by atoms with E-state index in [2.05, 4.69) is 0 Å². The Hall–Kier alpha value is -0.260. The van der Waals surface area contributed by atoms with Crippen molar-refractivity contribution in [2.75, 3.05) is 32.2 Å². The first-order valence-corrected chi connectivity index (χ1v) is 6.64. The largest absolute Gasteiger partial charge is 0.380 e. The Bertz CT molecular complexity index is 214. The summed E-state index contributed by atoms with van der Waals surface area (Å²) < 4.78 is 5.21. The number of carbonyl (C=O) groups excluding carboxylic acids is 1. The number of rotatable bonds is 5. The minimum Gasteiger partial charge on any atom is -0.380 e. The lowest BCUT2D eigenvalue weighted by atomic mass is 10.2. The minimum atomic E-state index is -0.340. The number of ether oxygens (including phenoxy) is 1. The maximum absolute atomic E-state index is 11.8. The number of nitrogens with zero attached hydrogens (tertiary/aromatic N) is 1. The van der Waals surface area contributed by atoms with Crippen molar-refractivity contribution in [1.29, 1.82) is 0 Å². The predicted molar refractivity (Wildman–Crippen MR) is 63.0 cm³/mol. The molecule has 0 radical (unpaired) electrons. The van der Waals surface area contributed by atoms with Crippen LogP contribution in [-0.4, -0.2) is 55.2 Å². The molecule has 1 rings (SSSR count). The standard InChI is InChI=1S/C10H20N2O2S/c1-14-8-3-5-12(7-8)10(13)9(11)4-6-15-2/h8-9H,3-7,11H2,1-2H3/t8?,9-/m0/s1. The molecule has 0 aromatic rings. The fourth-order valence-electron chi connectivity index (χ4n) is 1.72. The van der Waals surface area contributed by atoms with Crippen LogP contribution in [0.1, 0.15) is 12.8 Å². The third kappa shape index (κ3) is 3.66. The maximum Gasteiger partial charge on any atom is 0.239 e. The van der Waals surface area contributed by atoms with Crippen LogP contribution in [0.15, 0.2) is 0 Å². The number of carbonyl (C=O) groups is 1. The number of thioether (sulfide) groups is 1. The molecule has 1 heterocycles. The van der Waals surface area contributed by atoms with Crippen LogP contribution in [0.5, 0.6) is 0 Å². The molecule has 0 saturated carbocycles. The number of methoxy groups -OCH3 is 1. The Balaban J connectivity index is 2.33. The monoisotopic (exact) mass is 232 g/mol. The summed E-state index contributed by atoms with van der Waals surface area (Å²) in [5, 5.41) is 0. The lowest BCUT2D eigenvalue weighted by Crippen LogP contribution is -2.43. The molecule has 0 spiro atoms. The summed E-state index contributed by atoms with van der Waals surface area (Å²) >= 11 is 1.72. The first-order chi connectivity index (χ1) is 7.19. The number of amides is 1. The summed E-state index contributed by atoms with van der Waals surface area (Å²) in [5.74, 6) is 1.01. The van der Waals surface area contributed by atoms with Gasteiger partial charge in [0, 0.05) is 20.2 Å². The number of nitrogens with two attached hydrogens (primary N) is 1. The van der Waals surface area contributed by atoms with E-state index in [-0.39, 0.29) is 18.1 Å². The maximum atomic E-state index is 11.8. The van der Waals surface area contributed by atoms with Crippen molar-refractivity contribution in [1.82, 2.24) is 4.90 Å². The zero-order valence-electron chi connectivity index (χ0n) is 9.44. The summed E-state index contributed by atoms with van der Waals surface area (Å²) in [7, 11) is 1.69. The molecule has 4 nitrogen and oxygen atoms in total. The van der Waals surface area contributed by atoms with Gasteiger partial charge in [-0.1, -0.05) is 0 Å². The molecule has 88 valence electrons. The highest BCUT2D eigenvalue weighted by Crippen LogP contribution is 2.13. The van der Waals surface area contributed by atoms with Crippen molar-refractivity contribution in [3.05, 3.63) is 0 Å². The van der Waals surface area contributed by atoms with Gasteiger partial charge >= 0.3 is 0 Å². The zero-order valence-corrected chi connectivity index (χ0v) is 10.3. The molecule has 5 heteroatoms. The van der Waals surface area contributed by atoms with Crippen molar-refractivity contribution < 1.29 is 9.53 Å². The Morgan fingerprint density at radius 2 is 2.47 bits per heavy atom. The van der Waals surface area contributed by atoms with Crippen molar-refractivity contribution in [3.8, 4) is 0 Å².